The molecule has 0 radical (unpaired) electrons. The molecule has 6 nitrogen and oxygen atoms in total. The molecule has 0 aliphatic carbocycles. The van der Waals surface area contributed by atoms with Crippen LogP contribution in [0.3, 0.4) is 0 Å². The zero-order valence-corrected chi connectivity index (χ0v) is 17.4. The molecule has 0 aliphatic heterocycles. The average Bonchev–Trinajstić information content (AvgIpc) is 2.68. The number of anilines is 1. The highest BCUT2D eigenvalue weighted by Crippen LogP contribution is 2.31. The number of carbonyl (C=O) groups excluding carboxylic acids is 1. The monoisotopic (exact) mass is 417 g/mol. The largest absolute Gasteiger partial charge is 0.404 e. The van der Waals surface area contributed by atoms with Crippen LogP contribution in [0, 0.1) is 11.2 Å². The fourth-order valence-electron chi connectivity index (χ4n) is 2.68. The highest BCUT2D eigenvalue weighted by atomic mass is 35.5. The van der Waals surface area contributed by atoms with Gasteiger partial charge in [0, 0.05) is 35.2 Å². The number of amides is 1. The van der Waals surface area contributed by atoms with Crippen LogP contribution < -0.4 is 16.4 Å². The number of nitrogens with two attached hydrogens (primary N) is 1. The van der Waals surface area contributed by atoms with Gasteiger partial charge in [-0.3, -0.25) is 15.2 Å². The van der Waals surface area contributed by atoms with E-state index in [0.717, 1.165) is 18.2 Å². The van der Waals surface area contributed by atoms with E-state index < -0.39 is 11.7 Å². The summed E-state index contributed by atoms with van der Waals surface area (Å²) in [6.45, 7) is 6.35. The van der Waals surface area contributed by atoms with E-state index in [1.54, 1.807) is 12.3 Å². The first kappa shape index (κ1) is 22.4. The minimum absolute atomic E-state index is 0.0143. The minimum Gasteiger partial charge on any atom is -0.404 e. The Kier molecular flexibility index (Phi) is 7.73. The quantitative estimate of drug-likeness (QED) is 0.304. The molecule has 1 aromatic carbocycles. The van der Waals surface area contributed by atoms with Gasteiger partial charge in [0.2, 0.25) is 0 Å². The summed E-state index contributed by atoms with van der Waals surface area (Å²) in [4.78, 5) is 16.6. The predicted octanol–water partition coefficient (Wildman–Crippen LogP) is 4.42. The van der Waals surface area contributed by atoms with Crippen molar-refractivity contribution in [3.63, 3.8) is 0 Å². The fraction of sp³-hybridized carbons (Fsp3) is 0.286. The molecular weight excluding hydrogens is 393 g/mol. The fourth-order valence-corrected chi connectivity index (χ4v) is 2.86. The number of aromatic nitrogens is 1. The summed E-state index contributed by atoms with van der Waals surface area (Å²) in [5.41, 5.74) is 7.55. The summed E-state index contributed by atoms with van der Waals surface area (Å²) in [7, 11) is 0. The number of amidine groups is 1. The molecule has 0 aliphatic rings. The highest BCUT2D eigenvalue weighted by molar-refractivity contribution is 6.30. The Hall–Kier alpha value is -2.93. The Labute approximate surface area is 174 Å². The molecule has 2 aromatic rings. The number of nitrogens with zero attached hydrogens (tertiary/aromatic N) is 1. The molecule has 154 valence electrons. The summed E-state index contributed by atoms with van der Waals surface area (Å²) < 4.78 is 14.3. The predicted molar refractivity (Wildman–Crippen MR) is 116 cm³/mol. The molecule has 1 aromatic heterocycles. The molecule has 5 N–H and O–H groups in total. The van der Waals surface area contributed by atoms with Crippen molar-refractivity contribution in [1.82, 2.24) is 10.3 Å². The van der Waals surface area contributed by atoms with Gasteiger partial charge >= 0.3 is 0 Å². The lowest BCUT2D eigenvalue weighted by Gasteiger charge is -2.17. The van der Waals surface area contributed by atoms with Crippen LogP contribution >= 0.6 is 11.6 Å². The number of benzene rings is 1. The molecule has 0 spiro atoms. The van der Waals surface area contributed by atoms with Crippen LogP contribution in [0.15, 0.2) is 42.2 Å². The van der Waals surface area contributed by atoms with E-state index in [1.165, 1.54) is 18.2 Å². The molecule has 1 heterocycles. The first-order valence-electron chi connectivity index (χ1n) is 9.29. The molecule has 0 fully saturated rings. The lowest BCUT2D eigenvalue weighted by Crippen LogP contribution is -2.32. The van der Waals surface area contributed by atoms with E-state index >= 15 is 0 Å². The second-order valence-electron chi connectivity index (χ2n) is 6.77. The normalized spacial score (nSPS) is 11.4. The van der Waals surface area contributed by atoms with Crippen molar-refractivity contribution >= 4 is 29.0 Å². The van der Waals surface area contributed by atoms with Crippen molar-refractivity contribution in [2.75, 3.05) is 11.9 Å². The zero-order valence-electron chi connectivity index (χ0n) is 16.6. The summed E-state index contributed by atoms with van der Waals surface area (Å²) in [5.74, 6) is -0.975. The molecule has 0 atom stereocenters. The van der Waals surface area contributed by atoms with Gasteiger partial charge in [-0.1, -0.05) is 32.4 Å². The van der Waals surface area contributed by atoms with E-state index in [-0.39, 0.29) is 22.9 Å². The lowest BCUT2D eigenvalue weighted by atomic mass is 10.0. The molecule has 0 saturated heterocycles. The zero-order chi connectivity index (χ0) is 21.6. The van der Waals surface area contributed by atoms with Crippen LogP contribution in [-0.4, -0.2) is 23.3 Å². The van der Waals surface area contributed by atoms with Crippen LogP contribution in [0.1, 0.15) is 38.7 Å². The molecule has 0 bridgehead atoms. The van der Waals surface area contributed by atoms with Crippen molar-refractivity contribution in [2.45, 2.75) is 33.1 Å². The first-order chi connectivity index (χ1) is 13.8. The van der Waals surface area contributed by atoms with Gasteiger partial charge in [-0.2, -0.15) is 0 Å². The number of nitrogens with one attached hydrogen (secondary N) is 3. The van der Waals surface area contributed by atoms with Gasteiger partial charge in [-0.15, -0.1) is 0 Å². The van der Waals surface area contributed by atoms with Gasteiger partial charge in [0.1, 0.15) is 11.7 Å². The van der Waals surface area contributed by atoms with Crippen molar-refractivity contribution in [1.29, 1.82) is 5.41 Å². The second kappa shape index (κ2) is 10.0. The highest BCUT2D eigenvalue weighted by Gasteiger charge is 2.18. The number of rotatable bonds is 7. The van der Waals surface area contributed by atoms with E-state index in [2.05, 4.69) is 15.6 Å². The third kappa shape index (κ3) is 5.54. The molecule has 0 saturated carbocycles. The molecule has 1 amide bonds. The Morgan fingerprint density at radius 3 is 2.72 bits per heavy atom. The second-order valence-corrected chi connectivity index (χ2v) is 7.21. The summed E-state index contributed by atoms with van der Waals surface area (Å²) in [6, 6.07) is 5.87. The maximum Gasteiger partial charge on any atom is 0.256 e. The van der Waals surface area contributed by atoms with Gasteiger partial charge < -0.3 is 16.4 Å². The first-order valence-corrected chi connectivity index (χ1v) is 9.67. The van der Waals surface area contributed by atoms with Crippen molar-refractivity contribution in [2.24, 2.45) is 5.73 Å². The van der Waals surface area contributed by atoms with E-state index in [1.807, 2.05) is 20.8 Å². The van der Waals surface area contributed by atoms with E-state index in [0.29, 0.717) is 22.9 Å². The van der Waals surface area contributed by atoms with Crippen molar-refractivity contribution in [3.8, 4) is 11.3 Å². The Balaban J connectivity index is 2.41. The number of hydrogen-bond donors (Lipinski definition) is 4. The van der Waals surface area contributed by atoms with Gasteiger partial charge in [0.15, 0.2) is 0 Å². The van der Waals surface area contributed by atoms with Crippen LogP contribution in [0.2, 0.25) is 5.02 Å². The summed E-state index contributed by atoms with van der Waals surface area (Å²) >= 11 is 6.00. The third-order valence-corrected chi connectivity index (χ3v) is 4.47. The van der Waals surface area contributed by atoms with Gasteiger partial charge in [0.25, 0.3) is 5.91 Å². The van der Waals surface area contributed by atoms with Crippen LogP contribution in [0.4, 0.5) is 10.1 Å². The molecule has 2 rings (SSSR count). The number of hydrogen-bond acceptors (Lipinski definition) is 4. The summed E-state index contributed by atoms with van der Waals surface area (Å²) in [5, 5.41) is 14.3. The molecule has 0 unspecified atom stereocenters. The van der Waals surface area contributed by atoms with Crippen LogP contribution in [0.25, 0.3) is 11.3 Å². The Bertz CT molecular complexity index is 943. The maximum absolute atomic E-state index is 14.3. The SMILES string of the molecule is CCCNC(=O)/C(=C/N)C(=N)Nc1cc(-c2cc(Cl)ccc2F)ncc1C(C)C. The number of carbonyl (C=O) groups is 1. The Morgan fingerprint density at radius 2 is 2.10 bits per heavy atom. The third-order valence-electron chi connectivity index (χ3n) is 4.24. The van der Waals surface area contributed by atoms with Gasteiger partial charge in [0.05, 0.1) is 11.3 Å². The topological polar surface area (TPSA) is 104 Å². The standard InChI is InChI=1S/C21H25ClFN5O/c1-4-7-26-21(29)15(10-24)20(25)28-19-9-18(27-11-16(19)12(2)3)14-8-13(22)5-6-17(14)23/h5-6,8-12H,4,7,24H2,1-3H3,(H,26,29)(H2,25,27,28)/b15-10+. The van der Waals surface area contributed by atoms with Gasteiger partial charge in [-0.05, 0) is 42.2 Å². The van der Waals surface area contributed by atoms with Crippen molar-refractivity contribution in [3.05, 3.63) is 58.6 Å². The number of pyridine rings is 1. The van der Waals surface area contributed by atoms with Crippen LogP contribution in [0.5, 0.6) is 0 Å². The van der Waals surface area contributed by atoms with E-state index in [9.17, 15) is 9.18 Å². The molecular formula is C21H25ClFN5O. The Morgan fingerprint density at radius 1 is 1.38 bits per heavy atom. The maximum atomic E-state index is 14.3. The minimum atomic E-state index is -0.457. The number of halogens is 2. The van der Waals surface area contributed by atoms with Gasteiger partial charge in [-0.25, -0.2) is 4.39 Å². The average molecular weight is 418 g/mol. The molecule has 29 heavy (non-hydrogen) atoms. The smallest absolute Gasteiger partial charge is 0.256 e. The lowest BCUT2D eigenvalue weighted by molar-refractivity contribution is -0.117. The summed E-state index contributed by atoms with van der Waals surface area (Å²) in [6.07, 6.45) is 3.48. The molecule has 8 heteroatoms. The van der Waals surface area contributed by atoms with Crippen molar-refractivity contribution < 1.29 is 9.18 Å². The van der Waals surface area contributed by atoms with E-state index in [4.69, 9.17) is 22.7 Å². The van der Waals surface area contributed by atoms with Crippen LogP contribution in [-0.2, 0) is 4.79 Å².